The smallest absolute Gasteiger partial charge is 0.251 e. The second-order valence-corrected chi connectivity index (χ2v) is 6.13. The van der Waals surface area contributed by atoms with Crippen LogP contribution in [-0.4, -0.2) is 9.97 Å². The molecule has 2 aromatic heterocycles. The minimum Gasteiger partial charge on any atom is -0.306 e. The van der Waals surface area contributed by atoms with Crippen LogP contribution in [0, 0.1) is 13.8 Å². The second kappa shape index (κ2) is 5.06. The summed E-state index contributed by atoms with van der Waals surface area (Å²) in [7, 11) is 0. The Kier molecular flexibility index (Phi) is 3.24. The predicted molar refractivity (Wildman–Crippen MR) is 83.1 cm³/mol. The van der Waals surface area contributed by atoms with Gasteiger partial charge in [-0.2, -0.15) is 0 Å². The zero-order chi connectivity index (χ0) is 14.1. The number of thiophene rings is 1. The first-order chi connectivity index (χ1) is 9.63. The van der Waals surface area contributed by atoms with Crippen LogP contribution in [0.2, 0.25) is 0 Å². The Morgan fingerprint density at radius 2 is 1.85 bits per heavy atom. The molecular formula is C16H14N2OS. The molecule has 4 heteroatoms. The summed E-state index contributed by atoms with van der Waals surface area (Å²) in [6.45, 7) is 4.10. The molecule has 3 nitrogen and oxygen atoms in total. The van der Waals surface area contributed by atoms with Crippen LogP contribution in [0.25, 0.3) is 22.6 Å². The van der Waals surface area contributed by atoms with E-state index in [1.54, 1.807) is 11.3 Å². The Morgan fingerprint density at radius 1 is 1.10 bits per heavy atom. The van der Waals surface area contributed by atoms with Crippen LogP contribution in [-0.2, 0) is 0 Å². The van der Waals surface area contributed by atoms with E-state index >= 15 is 0 Å². The molecule has 0 aliphatic heterocycles. The van der Waals surface area contributed by atoms with E-state index in [0.717, 1.165) is 16.0 Å². The third-order valence-electron chi connectivity index (χ3n) is 3.11. The largest absolute Gasteiger partial charge is 0.306 e. The summed E-state index contributed by atoms with van der Waals surface area (Å²) in [6.07, 6.45) is 0. The van der Waals surface area contributed by atoms with E-state index in [4.69, 9.17) is 0 Å². The number of hydrogen-bond donors (Lipinski definition) is 1. The number of rotatable bonds is 2. The van der Waals surface area contributed by atoms with Gasteiger partial charge < -0.3 is 4.98 Å². The SMILES string of the molecule is Cc1cc(-c2nc(-c3ccccc3)cc(=O)[nH]2)c(C)s1. The lowest BCUT2D eigenvalue weighted by Crippen LogP contribution is -2.08. The summed E-state index contributed by atoms with van der Waals surface area (Å²) in [4.78, 5) is 21.7. The Morgan fingerprint density at radius 3 is 2.50 bits per heavy atom. The molecule has 0 radical (unpaired) electrons. The normalized spacial score (nSPS) is 10.7. The fourth-order valence-corrected chi connectivity index (χ4v) is 3.13. The number of aryl methyl sites for hydroxylation is 2. The summed E-state index contributed by atoms with van der Waals surface area (Å²) in [5.74, 6) is 0.637. The van der Waals surface area contributed by atoms with E-state index in [2.05, 4.69) is 23.0 Å². The van der Waals surface area contributed by atoms with Gasteiger partial charge >= 0.3 is 0 Å². The number of hydrogen-bond acceptors (Lipinski definition) is 3. The van der Waals surface area contributed by atoms with Crippen molar-refractivity contribution in [2.75, 3.05) is 0 Å². The highest BCUT2D eigenvalue weighted by Gasteiger charge is 2.10. The molecule has 0 spiro atoms. The first-order valence-electron chi connectivity index (χ1n) is 6.37. The molecule has 0 aliphatic rings. The molecule has 1 aromatic carbocycles. The van der Waals surface area contributed by atoms with Gasteiger partial charge in [0, 0.05) is 26.9 Å². The molecule has 20 heavy (non-hydrogen) atoms. The molecule has 1 N–H and O–H groups in total. The molecule has 2 heterocycles. The number of aromatic nitrogens is 2. The Bertz CT molecular complexity index is 803. The van der Waals surface area contributed by atoms with Crippen molar-refractivity contribution in [3.05, 3.63) is 62.6 Å². The molecule has 100 valence electrons. The van der Waals surface area contributed by atoms with Crippen LogP contribution in [0.5, 0.6) is 0 Å². The molecule has 0 atom stereocenters. The second-order valence-electron chi connectivity index (χ2n) is 4.67. The zero-order valence-corrected chi connectivity index (χ0v) is 12.1. The molecule has 3 aromatic rings. The van der Waals surface area contributed by atoms with Crippen molar-refractivity contribution in [2.45, 2.75) is 13.8 Å². The highest BCUT2D eigenvalue weighted by atomic mass is 32.1. The van der Waals surface area contributed by atoms with Gasteiger partial charge in [0.05, 0.1) is 5.69 Å². The van der Waals surface area contributed by atoms with Gasteiger partial charge in [0.15, 0.2) is 0 Å². The monoisotopic (exact) mass is 282 g/mol. The maximum absolute atomic E-state index is 11.9. The average molecular weight is 282 g/mol. The van der Waals surface area contributed by atoms with Crippen molar-refractivity contribution < 1.29 is 0 Å². The van der Waals surface area contributed by atoms with Gasteiger partial charge in [-0.3, -0.25) is 4.79 Å². The molecular weight excluding hydrogens is 268 g/mol. The number of aromatic amines is 1. The minimum absolute atomic E-state index is 0.128. The molecule has 0 saturated heterocycles. The van der Waals surface area contributed by atoms with Crippen LogP contribution in [0.1, 0.15) is 9.75 Å². The van der Waals surface area contributed by atoms with E-state index < -0.39 is 0 Å². The highest BCUT2D eigenvalue weighted by Crippen LogP contribution is 2.28. The maximum atomic E-state index is 11.9. The highest BCUT2D eigenvalue weighted by molar-refractivity contribution is 7.12. The predicted octanol–water partition coefficient (Wildman–Crippen LogP) is 3.78. The summed E-state index contributed by atoms with van der Waals surface area (Å²) in [5.41, 5.74) is 2.52. The number of nitrogens with zero attached hydrogens (tertiary/aromatic N) is 1. The van der Waals surface area contributed by atoms with Crippen molar-refractivity contribution in [1.82, 2.24) is 9.97 Å². The van der Waals surface area contributed by atoms with E-state index in [-0.39, 0.29) is 5.56 Å². The van der Waals surface area contributed by atoms with Crippen molar-refractivity contribution in [1.29, 1.82) is 0 Å². The van der Waals surface area contributed by atoms with Gasteiger partial charge in [0.25, 0.3) is 5.56 Å². The van der Waals surface area contributed by atoms with E-state index in [1.807, 2.05) is 37.3 Å². The summed E-state index contributed by atoms with van der Waals surface area (Å²) < 4.78 is 0. The molecule has 0 aliphatic carbocycles. The van der Waals surface area contributed by atoms with Gasteiger partial charge in [-0.1, -0.05) is 30.3 Å². The fraction of sp³-hybridized carbons (Fsp3) is 0.125. The summed E-state index contributed by atoms with van der Waals surface area (Å²) in [5, 5.41) is 0. The van der Waals surface area contributed by atoms with Crippen LogP contribution < -0.4 is 5.56 Å². The van der Waals surface area contributed by atoms with E-state index in [0.29, 0.717) is 11.5 Å². The van der Waals surface area contributed by atoms with Crippen molar-refractivity contribution >= 4 is 11.3 Å². The zero-order valence-electron chi connectivity index (χ0n) is 11.3. The number of benzene rings is 1. The third-order valence-corrected chi connectivity index (χ3v) is 4.07. The summed E-state index contributed by atoms with van der Waals surface area (Å²) >= 11 is 1.71. The molecule has 0 fully saturated rings. The molecule has 3 rings (SSSR count). The molecule has 0 amide bonds. The third kappa shape index (κ3) is 2.42. The van der Waals surface area contributed by atoms with Crippen molar-refractivity contribution in [3.8, 4) is 22.6 Å². The topological polar surface area (TPSA) is 45.8 Å². The maximum Gasteiger partial charge on any atom is 0.251 e. The van der Waals surface area contributed by atoms with Crippen LogP contribution >= 0.6 is 11.3 Å². The van der Waals surface area contributed by atoms with E-state index in [1.165, 1.54) is 10.9 Å². The van der Waals surface area contributed by atoms with Gasteiger partial charge in [0.1, 0.15) is 5.82 Å². The number of H-pyrrole nitrogens is 1. The minimum atomic E-state index is -0.128. The fourth-order valence-electron chi connectivity index (χ4n) is 2.21. The first-order valence-corrected chi connectivity index (χ1v) is 7.19. The molecule has 0 bridgehead atoms. The van der Waals surface area contributed by atoms with Crippen molar-refractivity contribution in [2.24, 2.45) is 0 Å². The first kappa shape index (κ1) is 12.8. The van der Waals surface area contributed by atoms with Gasteiger partial charge in [0.2, 0.25) is 0 Å². The van der Waals surface area contributed by atoms with Gasteiger partial charge in [-0.25, -0.2) is 4.98 Å². The van der Waals surface area contributed by atoms with Crippen LogP contribution in [0.4, 0.5) is 0 Å². The van der Waals surface area contributed by atoms with Gasteiger partial charge in [-0.15, -0.1) is 11.3 Å². The lowest BCUT2D eigenvalue weighted by atomic mass is 10.1. The Hall–Kier alpha value is -2.20. The summed E-state index contributed by atoms with van der Waals surface area (Å²) in [6, 6.07) is 13.3. The molecule has 0 saturated carbocycles. The van der Waals surface area contributed by atoms with Crippen LogP contribution in [0.15, 0.2) is 47.3 Å². The van der Waals surface area contributed by atoms with Crippen molar-refractivity contribution in [3.63, 3.8) is 0 Å². The average Bonchev–Trinajstić information content (AvgIpc) is 2.78. The van der Waals surface area contributed by atoms with Gasteiger partial charge in [-0.05, 0) is 19.9 Å². The molecule has 0 unspecified atom stereocenters. The standard InChI is InChI=1S/C16H14N2OS/c1-10-8-13(11(2)20-10)16-17-14(9-15(19)18-16)12-6-4-3-5-7-12/h3-9H,1-2H3,(H,17,18,19). The lowest BCUT2D eigenvalue weighted by molar-refractivity contribution is 1.13. The number of nitrogens with one attached hydrogen (secondary N) is 1. The quantitative estimate of drug-likeness (QED) is 0.777. The lowest BCUT2D eigenvalue weighted by Gasteiger charge is -2.04. The van der Waals surface area contributed by atoms with E-state index in [9.17, 15) is 4.79 Å². The van der Waals surface area contributed by atoms with Crippen LogP contribution in [0.3, 0.4) is 0 Å². The Labute approximate surface area is 121 Å². The Balaban J connectivity index is 2.17.